The molecule has 0 aliphatic carbocycles. The van der Waals surface area contributed by atoms with Gasteiger partial charge in [-0.15, -0.1) is 0 Å². The van der Waals surface area contributed by atoms with Crippen LogP contribution in [0.1, 0.15) is 61.8 Å². The molecule has 2 rings (SSSR count). The molecule has 25 heavy (non-hydrogen) atoms. The molecule has 0 heterocycles. The third kappa shape index (κ3) is 7.85. The standard InChI is InChI=1S/C23H32O2/c1-23(2,25)15-5-3-4-8-19-9-6-10-20(16-19)13-14-21-11-7-12-22(17-21)18-24/h6-7,9-12,16-17,24-25H,3-5,8,13-15,18H2,1-2H3. The van der Waals surface area contributed by atoms with E-state index >= 15 is 0 Å². The van der Waals surface area contributed by atoms with Crippen molar-refractivity contribution < 1.29 is 10.2 Å². The maximum Gasteiger partial charge on any atom is 0.0681 e. The van der Waals surface area contributed by atoms with E-state index < -0.39 is 5.60 Å². The molecule has 0 atom stereocenters. The van der Waals surface area contributed by atoms with Crippen molar-refractivity contribution in [3.8, 4) is 0 Å². The van der Waals surface area contributed by atoms with Crippen LogP contribution in [0.3, 0.4) is 0 Å². The van der Waals surface area contributed by atoms with E-state index in [9.17, 15) is 10.2 Å². The highest BCUT2D eigenvalue weighted by Crippen LogP contribution is 2.16. The first kappa shape index (κ1) is 19.7. The van der Waals surface area contributed by atoms with Gasteiger partial charge in [0.15, 0.2) is 0 Å². The first-order valence-electron chi connectivity index (χ1n) is 9.45. The lowest BCUT2D eigenvalue weighted by Crippen LogP contribution is -2.17. The molecule has 2 heteroatoms. The monoisotopic (exact) mass is 340 g/mol. The summed E-state index contributed by atoms with van der Waals surface area (Å²) in [6, 6.07) is 17.1. The smallest absolute Gasteiger partial charge is 0.0681 e. The molecular weight excluding hydrogens is 308 g/mol. The number of hydrogen-bond acceptors (Lipinski definition) is 2. The average Bonchev–Trinajstić information content (AvgIpc) is 2.59. The Morgan fingerprint density at radius 3 is 1.80 bits per heavy atom. The van der Waals surface area contributed by atoms with Gasteiger partial charge in [-0.2, -0.15) is 0 Å². The molecule has 136 valence electrons. The molecule has 0 bridgehead atoms. The Bertz CT molecular complexity index is 641. The van der Waals surface area contributed by atoms with Crippen LogP contribution in [-0.4, -0.2) is 15.8 Å². The number of aryl methyl sites for hydroxylation is 3. The van der Waals surface area contributed by atoms with E-state index in [0.717, 1.165) is 37.7 Å². The molecular formula is C23H32O2. The Labute approximate surface area is 152 Å². The minimum atomic E-state index is -0.534. The van der Waals surface area contributed by atoms with Crippen LogP contribution in [0.5, 0.6) is 0 Å². The number of rotatable bonds is 10. The fraction of sp³-hybridized carbons (Fsp3) is 0.478. The summed E-state index contributed by atoms with van der Waals surface area (Å²) in [6.07, 6.45) is 7.45. The van der Waals surface area contributed by atoms with E-state index in [1.165, 1.54) is 29.5 Å². The SMILES string of the molecule is CC(C)(O)CCCCCc1cccc(CCc2cccc(CO)c2)c1. The highest BCUT2D eigenvalue weighted by Gasteiger charge is 2.10. The first-order chi connectivity index (χ1) is 12.0. The van der Waals surface area contributed by atoms with Gasteiger partial charge in [0.25, 0.3) is 0 Å². The largest absolute Gasteiger partial charge is 0.392 e. The first-order valence-corrected chi connectivity index (χ1v) is 9.45. The second-order valence-electron chi connectivity index (χ2n) is 7.67. The van der Waals surface area contributed by atoms with Crippen LogP contribution in [0.2, 0.25) is 0 Å². The summed E-state index contributed by atoms with van der Waals surface area (Å²) in [5.74, 6) is 0. The van der Waals surface area contributed by atoms with Gasteiger partial charge in [0.05, 0.1) is 12.2 Å². The van der Waals surface area contributed by atoms with Crippen LogP contribution in [0.25, 0.3) is 0 Å². The molecule has 2 aromatic rings. The molecule has 0 spiro atoms. The van der Waals surface area contributed by atoms with Crippen molar-refractivity contribution in [2.75, 3.05) is 0 Å². The molecule has 2 nitrogen and oxygen atoms in total. The number of benzene rings is 2. The molecule has 0 unspecified atom stereocenters. The van der Waals surface area contributed by atoms with Crippen molar-refractivity contribution in [2.45, 2.75) is 71.0 Å². The van der Waals surface area contributed by atoms with E-state index in [2.05, 4.69) is 36.4 Å². The zero-order chi connectivity index (χ0) is 18.1. The third-order valence-electron chi connectivity index (χ3n) is 4.62. The lowest BCUT2D eigenvalue weighted by atomic mass is 9.97. The molecule has 0 amide bonds. The van der Waals surface area contributed by atoms with E-state index in [1.807, 2.05) is 26.0 Å². The average molecular weight is 341 g/mol. The van der Waals surface area contributed by atoms with Gasteiger partial charge in [0, 0.05) is 0 Å². The van der Waals surface area contributed by atoms with Crippen LogP contribution in [0.15, 0.2) is 48.5 Å². The van der Waals surface area contributed by atoms with Gasteiger partial charge < -0.3 is 10.2 Å². The highest BCUT2D eigenvalue weighted by atomic mass is 16.3. The predicted molar refractivity (Wildman–Crippen MR) is 105 cm³/mol. The fourth-order valence-corrected chi connectivity index (χ4v) is 3.18. The maximum atomic E-state index is 9.74. The van der Waals surface area contributed by atoms with Gasteiger partial charge in [0.2, 0.25) is 0 Å². The number of unbranched alkanes of at least 4 members (excludes halogenated alkanes) is 2. The van der Waals surface area contributed by atoms with Gasteiger partial charge in [0.1, 0.15) is 0 Å². The van der Waals surface area contributed by atoms with Crippen LogP contribution < -0.4 is 0 Å². The quantitative estimate of drug-likeness (QED) is 0.608. The van der Waals surface area contributed by atoms with Crippen molar-refractivity contribution in [3.05, 3.63) is 70.8 Å². The Hall–Kier alpha value is -1.64. The molecule has 0 saturated heterocycles. The van der Waals surface area contributed by atoms with E-state index in [4.69, 9.17) is 0 Å². The normalized spacial score (nSPS) is 11.7. The second kappa shape index (κ2) is 9.74. The van der Waals surface area contributed by atoms with Gasteiger partial charge in [-0.1, -0.05) is 61.4 Å². The van der Waals surface area contributed by atoms with Crippen molar-refractivity contribution in [1.82, 2.24) is 0 Å². The molecule has 0 fully saturated rings. The fourth-order valence-electron chi connectivity index (χ4n) is 3.18. The number of hydrogen-bond donors (Lipinski definition) is 2. The summed E-state index contributed by atoms with van der Waals surface area (Å²) in [5.41, 5.74) is 4.52. The predicted octanol–water partition coefficient (Wildman–Crippen LogP) is 4.84. The van der Waals surface area contributed by atoms with E-state index in [0.29, 0.717) is 0 Å². The Kier molecular flexibility index (Phi) is 7.67. The van der Waals surface area contributed by atoms with Crippen molar-refractivity contribution in [1.29, 1.82) is 0 Å². The summed E-state index contributed by atoms with van der Waals surface area (Å²) in [5, 5.41) is 19.0. The minimum Gasteiger partial charge on any atom is -0.392 e. The zero-order valence-corrected chi connectivity index (χ0v) is 15.7. The van der Waals surface area contributed by atoms with Gasteiger partial charge in [-0.05, 0) is 68.2 Å². The molecule has 2 aromatic carbocycles. The van der Waals surface area contributed by atoms with E-state index in [1.54, 1.807) is 0 Å². The van der Waals surface area contributed by atoms with Crippen LogP contribution in [0.4, 0.5) is 0 Å². The minimum absolute atomic E-state index is 0.108. The lowest BCUT2D eigenvalue weighted by Gasteiger charge is -2.16. The van der Waals surface area contributed by atoms with Crippen LogP contribution >= 0.6 is 0 Å². The number of aliphatic hydroxyl groups excluding tert-OH is 1. The summed E-state index contributed by atoms with van der Waals surface area (Å²) in [4.78, 5) is 0. The molecule has 0 aliphatic heterocycles. The summed E-state index contributed by atoms with van der Waals surface area (Å²) in [6.45, 7) is 3.87. The second-order valence-corrected chi connectivity index (χ2v) is 7.67. The lowest BCUT2D eigenvalue weighted by molar-refractivity contribution is 0.0681. The summed E-state index contributed by atoms with van der Waals surface area (Å²) in [7, 11) is 0. The molecule has 0 aromatic heterocycles. The van der Waals surface area contributed by atoms with Gasteiger partial charge >= 0.3 is 0 Å². The maximum absolute atomic E-state index is 9.74. The molecule has 0 saturated carbocycles. The molecule has 2 N–H and O–H groups in total. The molecule has 0 aliphatic rings. The van der Waals surface area contributed by atoms with Crippen molar-refractivity contribution >= 4 is 0 Å². The zero-order valence-electron chi connectivity index (χ0n) is 15.7. The number of aliphatic hydroxyl groups is 2. The Balaban J connectivity index is 1.78. The van der Waals surface area contributed by atoms with Gasteiger partial charge in [-0.3, -0.25) is 0 Å². The summed E-state index contributed by atoms with van der Waals surface area (Å²) < 4.78 is 0. The van der Waals surface area contributed by atoms with Crippen molar-refractivity contribution in [2.24, 2.45) is 0 Å². The topological polar surface area (TPSA) is 40.5 Å². The highest BCUT2D eigenvalue weighted by molar-refractivity contribution is 5.27. The summed E-state index contributed by atoms with van der Waals surface area (Å²) >= 11 is 0. The van der Waals surface area contributed by atoms with Crippen LogP contribution in [-0.2, 0) is 25.9 Å². The third-order valence-corrected chi connectivity index (χ3v) is 4.62. The Morgan fingerprint density at radius 2 is 1.24 bits per heavy atom. The van der Waals surface area contributed by atoms with E-state index in [-0.39, 0.29) is 6.61 Å². The Morgan fingerprint density at radius 1 is 0.720 bits per heavy atom. The van der Waals surface area contributed by atoms with Crippen LogP contribution in [0, 0.1) is 0 Å². The van der Waals surface area contributed by atoms with Crippen molar-refractivity contribution in [3.63, 3.8) is 0 Å². The van der Waals surface area contributed by atoms with Gasteiger partial charge in [-0.25, -0.2) is 0 Å². The molecule has 0 radical (unpaired) electrons.